The molecule has 2 aliphatic rings. The zero-order chi connectivity index (χ0) is 25.1. The first kappa shape index (κ1) is 24.0. The molecular weight excluding hydrogens is 456 g/mol. The van der Waals surface area contributed by atoms with Crippen LogP contribution < -0.4 is 10.6 Å². The highest BCUT2D eigenvalue weighted by Crippen LogP contribution is 2.31. The van der Waals surface area contributed by atoms with Crippen molar-refractivity contribution >= 4 is 28.6 Å². The van der Waals surface area contributed by atoms with Gasteiger partial charge in [-0.15, -0.1) is 0 Å². The van der Waals surface area contributed by atoms with E-state index in [1.54, 1.807) is 6.92 Å². The Bertz CT molecular complexity index is 1300. The number of rotatable bonds is 7. The number of urea groups is 1. The Morgan fingerprint density at radius 1 is 0.972 bits per heavy atom. The Morgan fingerprint density at radius 2 is 1.67 bits per heavy atom. The maximum Gasteiger partial charge on any atom is 0.325 e. The Labute approximate surface area is 210 Å². The molecule has 0 unspecified atom stereocenters. The third-order valence-corrected chi connectivity index (χ3v) is 7.00. The molecule has 5 rings (SSSR count). The number of imide groups is 1. The lowest BCUT2D eigenvalue weighted by molar-refractivity contribution is -0.134. The molecule has 8 heteroatoms. The minimum Gasteiger partial charge on any atom is -0.379 e. The minimum absolute atomic E-state index is 0.324. The van der Waals surface area contributed by atoms with Crippen molar-refractivity contribution in [1.29, 1.82) is 0 Å². The molecule has 2 N–H and O–H groups in total. The van der Waals surface area contributed by atoms with E-state index < -0.39 is 17.5 Å². The van der Waals surface area contributed by atoms with Crippen LogP contribution >= 0.6 is 0 Å². The zero-order valence-electron chi connectivity index (χ0n) is 20.3. The van der Waals surface area contributed by atoms with Gasteiger partial charge in [0.1, 0.15) is 12.1 Å². The lowest BCUT2D eigenvalue weighted by Gasteiger charge is -2.27. The number of hydrogen-bond acceptors (Lipinski definition) is 5. The van der Waals surface area contributed by atoms with Crippen LogP contribution in [0.2, 0.25) is 0 Å². The van der Waals surface area contributed by atoms with Crippen molar-refractivity contribution < 1.29 is 19.1 Å². The van der Waals surface area contributed by atoms with Crippen molar-refractivity contribution in [2.45, 2.75) is 25.6 Å². The topological polar surface area (TPSA) is 91.0 Å². The number of amides is 4. The van der Waals surface area contributed by atoms with Crippen molar-refractivity contribution in [3.05, 3.63) is 83.4 Å². The van der Waals surface area contributed by atoms with E-state index in [0.717, 1.165) is 59.6 Å². The van der Waals surface area contributed by atoms with Gasteiger partial charge in [0, 0.05) is 26.2 Å². The molecule has 4 amide bonds. The number of morpholine rings is 1. The summed E-state index contributed by atoms with van der Waals surface area (Å²) in [6, 6.07) is 20.9. The highest BCUT2D eigenvalue weighted by atomic mass is 16.5. The molecular formula is C28H30N4O4. The molecule has 2 fully saturated rings. The molecule has 2 saturated heterocycles. The van der Waals surface area contributed by atoms with Gasteiger partial charge in [-0.25, -0.2) is 4.79 Å². The van der Waals surface area contributed by atoms with E-state index >= 15 is 0 Å². The van der Waals surface area contributed by atoms with Gasteiger partial charge >= 0.3 is 6.03 Å². The molecule has 0 bridgehead atoms. The Balaban J connectivity index is 1.23. The molecule has 0 saturated carbocycles. The van der Waals surface area contributed by atoms with Crippen molar-refractivity contribution in [2.75, 3.05) is 32.8 Å². The molecule has 0 spiro atoms. The maximum atomic E-state index is 13.3. The number of nitrogens with zero attached hydrogens (tertiary/aromatic N) is 2. The number of benzene rings is 3. The van der Waals surface area contributed by atoms with Crippen LogP contribution in [-0.4, -0.2) is 60.5 Å². The van der Waals surface area contributed by atoms with Gasteiger partial charge in [0.25, 0.3) is 5.91 Å². The van der Waals surface area contributed by atoms with Gasteiger partial charge in [-0.3, -0.25) is 19.4 Å². The van der Waals surface area contributed by atoms with E-state index in [1.807, 2.05) is 60.7 Å². The van der Waals surface area contributed by atoms with Crippen molar-refractivity contribution in [2.24, 2.45) is 0 Å². The molecule has 8 nitrogen and oxygen atoms in total. The van der Waals surface area contributed by atoms with Crippen LogP contribution in [0, 0.1) is 0 Å². The molecule has 3 aromatic carbocycles. The standard InChI is InChI=1S/C28H30N4O4/c1-28(24-11-10-20-6-2-3-7-21(20)16-24)26(34)32(27(35)30-28)19-25(33)29-17-22-8-4-5-9-23(22)18-31-12-14-36-15-13-31/h2-11,16H,12-15,17-19H2,1H3,(H,29,33)(H,30,35)/t28-/m1/s1. The van der Waals surface area contributed by atoms with Gasteiger partial charge in [0.05, 0.1) is 13.2 Å². The predicted octanol–water partition coefficient (Wildman–Crippen LogP) is 2.76. The first-order chi connectivity index (χ1) is 17.4. The van der Waals surface area contributed by atoms with Crippen LogP contribution in [0.5, 0.6) is 0 Å². The summed E-state index contributed by atoms with van der Waals surface area (Å²) in [5.41, 5.74) is 1.60. The smallest absolute Gasteiger partial charge is 0.325 e. The van der Waals surface area contributed by atoms with Gasteiger partial charge in [-0.2, -0.15) is 0 Å². The summed E-state index contributed by atoms with van der Waals surface area (Å²) in [6.07, 6.45) is 0. The predicted molar refractivity (Wildman–Crippen MR) is 136 cm³/mol. The summed E-state index contributed by atoms with van der Waals surface area (Å²) in [6.45, 7) is 5.66. The number of carbonyl (C=O) groups is 3. The normalized spacial score (nSPS) is 20.5. The lowest BCUT2D eigenvalue weighted by Crippen LogP contribution is -2.43. The van der Waals surface area contributed by atoms with E-state index in [-0.39, 0.29) is 12.5 Å². The van der Waals surface area contributed by atoms with Gasteiger partial charge in [0.2, 0.25) is 5.91 Å². The number of ether oxygens (including phenoxy) is 1. The average molecular weight is 487 g/mol. The third-order valence-electron chi connectivity index (χ3n) is 7.00. The van der Waals surface area contributed by atoms with Crippen LogP contribution in [0.3, 0.4) is 0 Å². The van der Waals surface area contributed by atoms with Crippen LogP contribution in [0.15, 0.2) is 66.7 Å². The summed E-state index contributed by atoms with van der Waals surface area (Å²) >= 11 is 0. The molecule has 0 aromatic heterocycles. The second-order valence-electron chi connectivity index (χ2n) is 9.44. The van der Waals surface area contributed by atoms with Gasteiger partial charge in [0.15, 0.2) is 0 Å². The van der Waals surface area contributed by atoms with E-state index in [9.17, 15) is 14.4 Å². The molecule has 1 atom stereocenters. The molecule has 186 valence electrons. The summed E-state index contributed by atoms with van der Waals surface area (Å²) in [7, 11) is 0. The quantitative estimate of drug-likeness (QED) is 0.501. The second kappa shape index (κ2) is 10.1. The summed E-state index contributed by atoms with van der Waals surface area (Å²) < 4.78 is 5.43. The van der Waals surface area contributed by atoms with Crippen molar-refractivity contribution in [1.82, 2.24) is 20.4 Å². The van der Waals surface area contributed by atoms with Crippen LogP contribution in [-0.2, 0) is 33.0 Å². The van der Waals surface area contributed by atoms with Crippen molar-refractivity contribution in [3.8, 4) is 0 Å². The van der Waals surface area contributed by atoms with E-state index in [1.165, 1.54) is 0 Å². The fourth-order valence-electron chi connectivity index (χ4n) is 4.81. The minimum atomic E-state index is -1.23. The number of hydrogen-bond donors (Lipinski definition) is 2. The molecule has 36 heavy (non-hydrogen) atoms. The highest BCUT2D eigenvalue weighted by molar-refractivity contribution is 6.09. The van der Waals surface area contributed by atoms with Crippen LogP contribution in [0.25, 0.3) is 10.8 Å². The van der Waals surface area contributed by atoms with Gasteiger partial charge in [-0.05, 0) is 40.5 Å². The summed E-state index contributed by atoms with van der Waals surface area (Å²) in [4.78, 5) is 42.1. The molecule has 3 aromatic rings. The molecule has 0 radical (unpaired) electrons. The monoisotopic (exact) mass is 486 g/mol. The second-order valence-corrected chi connectivity index (χ2v) is 9.44. The third kappa shape index (κ3) is 4.82. The van der Waals surface area contributed by atoms with Crippen molar-refractivity contribution in [3.63, 3.8) is 0 Å². The first-order valence-corrected chi connectivity index (χ1v) is 12.2. The number of fused-ring (bicyclic) bond motifs is 1. The lowest BCUT2D eigenvalue weighted by atomic mass is 9.90. The SMILES string of the molecule is C[C@]1(c2ccc3ccccc3c2)NC(=O)N(CC(=O)NCc2ccccc2CN2CCOCC2)C1=O. The largest absolute Gasteiger partial charge is 0.379 e. The van der Waals surface area contributed by atoms with Crippen LogP contribution in [0.1, 0.15) is 23.6 Å². The molecule has 2 heterocycles. The van der Waals surface area contributed by atoms with Crippen LogP contribution in [0.4, 0.5) is 4.79 Å². The Kier molecular flexibility index (Phi) is 6.71. The van der Waals surface area contributed by atoms with Gasteiger partial charge in [-0.1, -0.05) is 60.7 Å². The highest BCUT2D eigenvalue weighted by Gasteiger charge is 2.49. The van der Waals surface area contributed by atoms with E-state index in [2.05, 4.69) is 21.6 Å². The van der Waals surface area contributed by atoms with Gasteiger partial charge < -0.3 is 15.4 Å². The molecule has 0 aliphatic carbocycles. The van der Waals surface area contributed by atoms with E-state index in [0.29, 0.717) is 12.1 Å². The summed E-state index contributed by atoms with van der Waals surface area (Å²) in [5.74, 6) is -0.826. The Hall–Kier alpha value is -3.75. The zero-order valence-corrected chi connectivity index (χ0v) is 20.3. The summed E-state index contributed by atoms with van der Waals surface area (Å²) in [5, 5.41) is 7.69. The fourth-order valence-corrected chi connectivity index (χ4v) is 4.81. The first-order valence-electron chi connectivity index (χ1n) is 12.2. The Morgan fingerprint density at radius 3 is 2.44 bits per heavy atom. The molecule has 2 aliphatic heterocycles. The average Bonchev–Trinajstić information content (AvgIpc) is 3.12. The maximum absolute atomic E-state index is 13.3. The fraction of sp³-hybridized carbons (Fsp3) is 0.321. The number of carbonyl (C=O) groups excluding carboxylic acids is 3. The number of nitrogens with one attached hydrogen (secondary N) is 2. The van der Waals surface area contributed by atoms with E-state index in [4.69, 9.17) is 4.74 Å².